The molecular weight excluding hydrogens is 293 g/mol. The number of hydrogen-bond acceptors (Lipinski definition) is 3. The number of piperazine rings is 1. The molecule has 1 fully saturated rings. The van der Waals surface area contributed by atoms with Gasteiger partial charge in [-0.1, -0.05) is 12.1 Å². The van der Waals surface area contributed by atoms with Crippen molar-refractivity contribution in [2.24, 2.45) is 0 Å². The molecule has 0 amide bonds. The maximum atomic E-state index is 13.5. The highest BCUT2D eigenvalue weighted by Gasteiger charge is 2.44. The van der Waals surface area contributed by atoms with Gasteiger partial charge in [0.05, 0.1) is 0 Å². The number of hydrogen-bond donors (Lipinski definition) is 1. The third-order valence-electron chi connectivity index (χ3n) is 3.45. The van der Waals surface area contributed by atoms with Crippen LogP contribution in [0.3, 0.4) is 0 Å². The summed E-state index contributed by atoms with van der Waals surface area (Å²) in [5.41, 5.74) is -0.112. The molecule has 22 heavy (non-hydrogen) atoms. The summed E-state index contributed by atoms with van der Waals surface area (Å²) in [7, 11) is 0. The molecule has 1 heterocycles. The van der Waals surface area contributed by atoms with Gasteiger partial charge in [-0.05, 0) is 38.5 Å². The highest BCUT2D eigenvalue weighted by atomic mass is 19.4. The Morgan fingerprint density at radius 1 is 1.05 bits per heavy atom. The molecular formula is C16H23F3N2O. The SMILES string of the molecule is CC(C)(C)Oc1ccc([C@H](N2CCNCC2)C(F)(F)F)cc1. The summed E-state index contributed by atoms with van der Waals surface area (Å²) in [5, 5.41) is 3.08. The Hall–Kier alpha value is -1.27. The lowest BCUT2D eigenvalue weighted by Crippen LogP contribution is -2.49. The summed E-state index contributed by atoms with van der Waals surface area (Å²) in [6.07, 6.45) is -4.29. The molecule has 0 unspecified atom stereocenters. The molecule has 1 aromatic carbocycles. The molecule has 1 aromatic rings. The number of halogens is 3. The molecule has 2 rings (SSSR count). The van der Waals surface area contributed by atoms with Crippen LogP contribution >= 0.6 is 0 Å². The van der Waals surface area contributed by atoms with Crippen molar-refractivity contribution in [1.29, 1.82) is 0 Å². The zero-order chi connectivity index (χ0) is 16.4. The molecule has 0 aliphatic carbocycles. The minimum atomic E-state index is -4.29. The summed E-state index contributed by atoms with van der Waals surface area (Å²) in [6, 6.07) is 4.70. The third kappa shape index (κ3) is 4.61. The minimum absolute atomic E-state index is 0.260. The van der Waals surface area contributed by atoms with E-state index in [1.165, 1.54) is 17.0 Å². The van der Waals surface area contributed by atoms with Crippen LogP contribution in [0.5, 0.6) is 5.75 Å². The van der Waals surface area contributed by atoms with E-state index in [4.69, 9.17) is 4.74 Å². The molecule has 0 aromatic heterocycles. The summed E-state index contributed by atoms with van der Waals surface area (Å²) in [4.78, 5) is 1.48. The largest absolute Gasteiger partial charge is 0.488 e. The lowest BCUT2D eigenvalue weighted by molar-refractivity contribution is -0.187. The van der Waals surface area contributed by atoms with Crippen LogP contribution in [0.1, 0.15) is 32.4 Å². The first-order chi connectivity index (χ1) is 10.2. The van der Waals surface area contributed by atoms with Gasteiger partial charge in [-0.3, -0.25) is 4.90 Å². The highest BCUT2D eigenvalue weighted by Crippen LogP contribution is 2.38. The molecule has 0 saturated carbocycles. The molecule has 0 spiro atoms. The van der Waals surface area contributed by atoms with Crippen LogP contribution in [0.4, 0.5) is 13.2 Å². The third-order valence-corrected chi connectivity index (χ3v) is 3.45. The Labute approximate surface area is 129 Å². The second-order valence-electron chi connectivity index (χ2n) is 6.51. The first-order valence-electron chi connectivity index (χ1n) is 7.47. The van der Waals surface area contributed by atoms with Crippen LogP contribution in [0.25, 0.3) is 0 Å². The Kier molecular flexibility index (Phi) is 5.02. The van der Waals surface area contributed by atoms with Crippen molar-refractivity contribution in [1.82, 2.24) is 10.2 Å². The van der Waals surface area contributed by atoms with Crippen molar-refractivity contribution in [2.75, 3.05) is 26.2 Å². The van der Waals surface area contributed by atoms with Gasteiger partial charge in [-0.15, -0.1) is 0 Å². The molecule has 1 N–H and O–H groups in total. The van der Waals surface area contributed by atoms with Gasteiger partial charge in [0.25, 0.3) is 0 Å². The standard InChI is InChI=1S/C16H23F3N2O/c1-15(2,3)22-13-6-4-12(5-7-13)14(16(17,18)19)21-10-8-20-9-11-21/h4-7,14,20H,8-11H2,1-3H3/t14-/m0/s1. The molecule has 3 nitrogen and oxygen atoms in total. The van der Waals surface area contributed by atoms with Gasteiger partial charge < -0.3 is 10.1 Å². The second kappa shape index (κ2) is 6.46. The predicted octanol–water partition coefficient (Wildman–Crippen LogP) is 3.37. The lowest BCUT2D eigenvalue weighted by atomic mass is 10.0. The molecule has 1 aliphatic heterocycles. The van der Waals surface area contributed by atoms with E-state index in [0.29, 0.717) is 31.9 Å². The topological polar surface area (TPSA) is 24.5 Å². The molecule has 124 valence electrons. The first-order valence-corrected chi connectivity index (χ1v) is 7.47. The van der Waals surface area contributed by atoms with E-state index in [-0.39, 0.29) is 11.2 Å². The Balaban J connectivity index is 2.20. The van der Waals surface area contributed by atoms with E-state index in [0.717, 1.165) is 0 Å². The van der Waals surface area contributed by atoms with Gasteiger partial charge in [0.2, 0.25) is 0 Å². The van der Waals surface area contributed by atoms with Gasteiger partial charge in [-0.25, -0.2) is 0 Å². The number of nitrogens with one attached hydrogen (secondary N) is 1. The number of ether oxygens (including phenoxy) is 1. The van der Waals surface area contributed by atoms with E-state index in [2.05, 4.69) is 5.32 Å². The molecule has 6 heteroatoms. The summed E-state index contributed by atoms with van der Waals surface area (Å²) < 4.78 is 46.1. The number of nitrogens with zero attached hydrogens (tertiary/aromatic N) is 1. The fourth-order valence-corrected chi connectivity index (χ4v) is 2.62. The Morgan fingerprint density at radius 3 is 2.05 bits per heavy atom. The van der Waals surface area contributed by atoms with Crippen molar-refractivity contribution >= 4 is 0 Å². The maximum absolute atomic E-state index is 13.5. The van der Waals surface area contributed by atoms with Gasteiger partial charge in [0.15, 0.2) is 0 Å². The van der Waals surface area contributed by atoms with Crippen LogP contribution in [-0.2, 0) is 0 Å². The molecule has 1 saturated heterocycles. The number of rotatable bonds is 3. The quantitative estimate of drug-likeness (QED) is 0.925. The number of alkyl halides is 3. The van der Waals surface area contributed by atoms with Crippen LogP contribution in [0, 0.1) is 0 Å². The second-order valence-corrected chi connectivity index (χ2v) is 6.51. The zero-order valence-corrected chi connectivity index (χ0v) is 13.2. The van der Waals surface area contributed by atoms with E-state index in [1.54, 1.807) is 12.1 Å². The van der Waals surface area contributed by atoms with Gasteiger partial charge in [0, 0.05) is 26.2 Å². The Bertz CT molecular complexity index is 474. The van der Waals surface area contributed by atoms with Crippen molar-refractivity contribution < 1.29 is 17.9 Å². The summed E-state index contributed by atoms with van der Waals surface area (Å²) >= 11 is 0. The van der Waals surface area contributed by atoms with Crippen molar-refractivity contribution in [3.63, 3.8) is 0 Å². The van der Waals surface area contributed by atoms with E-state index in [9.17, 15) is 13.2 Å². The molecule has 0 radical (unpaired) electrons. The zero-order valence-electron chi connectivity index (χ0n) is 13.2. The van der Waals surface area contributed by atoms with Crippen LogP contribution < -0.4 is 10.1 Å². The molecule has 1 atom stereocenters. The average Bonchev–Trinajstić information content (AvgIpc) is 2.39. The van der Waals surface area contributed by atoms with Gasteiger partial charge in [-0.2, -0.15) is 13.2 Å². The number of benzene rings is 1. The van der Waals surface area contributed by atoms with Crippen molar-refractivity contribution in [3.05, 3.63) is 29.8 Å². The van der Waals surface area contributed by atoms with E-state index < -0.39 is 12.2 Å². The van der Waals surface area contributed by atoms with Crippen LogP contribution in [0.15, 0.2) is 24.3 Å². The summed E-state index contributed by atoms with van der Waals surface area (Å²) in [6.45, 7) is 7.66. The van der Waals surface area contributed by atoms with E-state index >= 15 is 0 Å². The van der Waals surface area contributed by atoms with Crippen molar-refractivity contribution in [2.45, 2.75) is 38.6 Å². The highest BCUT2D eigenvalue weighted by molar-refractivity contribution is 5.30. The summed E-state index contributed by atoms with van der Waals surface area (Å²) in [5.74, 6) is 0.581. The minimum Gasteiger partial charge on any atom is -0.488 e. The van der Waals surface area contributed by atoms with Gasteiger partial charge in [0.1, 0.15) is 17.4 Å². The van der Waals surface area contributed by atoms with Crippen LogP contribution in [0.2, 0.25) is 0 Å². The fraction of sp³-hybridized carbons (Fsp3) is 0.625. The normalized spacial score (nSPS) is 19.0. The fourth-order valence-electron chi connectivity index (χ4n) is 2.62. The molecule has 1 aliphatic rings. The van der Waals surface area contributed by atoms with Gasteiger partial charge >= 0.3 is 6.18 Å². The van der Waals surface area contributed by atoms with E-state index in [1.807, 2.05) is 20.8 Å². The maximum Gasteiger partial charge on any atom is 0.408 e. The van der Waals surface area contributed by atoms with Crippen LogP contribution in [-0.4, -0.2) is 42.9 Å². The average molecular weight is 316 g/mol. The smallest absolute Gasteiger partial charge is 0.408 e. The lowest BCUT2D eigenvalue weighted by Gasteiger charge is -2.36. The first kappa shape index (κ1) is 17.1. The van der Waals surface area contributed by atoms with Crippen molar-refractivity contribution in [3.8, 4) is 5.75 Å². The Morgan fingerprint density at radius 2 is 1.59 bits per heavy atom. The predicted molar refractivity (Wildman–Crippen MR) is 80.1 cm³/mol. The monoisotopic (exact) mass is 316 g/mol. The molecule has 0 bridgehead atoms.